The predicted molar refractivity (Wildman–Crippen MR) is 169 cm³/mol. The van der Waals surface area contributed by atoms with Gasteiger partial charge in [-0.15, -0.1) is 0 Å². The van der Waals surface area contributed by atoms with Crippen LogP contribution in [0.5, 0.6) is 5.75 Å². The highest BCUT2D eigenvalue weighted by molar-refractivity contribution is 9.10. The molecule has 2 amide bonds. The maximum atomic E-state index is 14.2. The van der Waals surface area contributed by atoms with E-state index in [1.165, 1.54) is 12.0 Å². The Balaban J connectivity index is 1.70. The average Bonchev–Trinajstić information content (AvgIpc) is 2.99. The summed E-state index contributed by atoms with van der Waals surface area (Å²) >= 11 is 3.46. The zero-order valence-electron chi connectivity index (χ0n) is 24.0. The number of methoxy groups -OCH3 is 1. The van der Waals surface area contributed by atoms with Crippen LogP contribution in [0.2, 0.25) is 0 Å². The zero-order chi connectivity index (χ0) is 30.1. The third-order valence-corrected chi connectivity index (χ3v) is 9.20. The second kappa shape index (κ2) is 14.7. The molecule has 0 aliphatic heterocycles. The van der Waals surface area contributed by atoms with Gasteiger partial charge in [0.15, 0.2) is 0 Å². The minimum Gasteiger partial charge on any atom is -0.497 e. The number of anilines is 1. The molecule has 224 valence electrons. The Hall–Kier alpha value is -3.37. The first kappa shape index (κ1) is 31.6. The van der Waals surface area contributed by atoms with Crippen molar-refractivity contribution in [2.75, 3.05) is 24.2 Å². The zero-order valence-corrected chi connectivity index (χ0v) is 26.4. The van der Waals surface area contributed by atoms with Crippen molar-refractivity contribution in [3.63, 3.8) is 0 Å². The van der Waals surface area contributed by atoms with Gasteiger partial charge in [0.1, 0.15) is 18.3 Å². The van der Waals surface area contributed by atoms with E-state index >= 15 is 0 Å². The highest BCUT2D eigenvalue weighted by atomic mass is 79.9. The lowest BCUT2D eigenvalue weighted by atomic mass is 9.94. The summed E-state index contributed by atoms with van der Waals surface area (Å²) in [5.74, 6) is -0.136. The number of hydrogen-bond acceptors (Lipinski definition) is 5. The van der Waals surface area contributed by atoms with Crippen LogP contribution in [0.3, 0.4) is 0 Å². The van der Waals surface area contributed by atoms with Crippen LogP contribution >= 0.6 is 15.9 Å². The highest BCUT2D eigenvalue weighted by Gasteiger charge is 2.34. The van der Waals surface area contributed by atoms with Gasteiger partial charge in [-0.2, -0.15) is 0 Å². The number of sulfonamides is 1. The van der Waals surface area contributed by atoms with E-state index in [1.54, 1.807) is 24.3 Å². The van der Waals surface area contributed by atoms with Crippen LogP contribution in [-0.4, -0.2) is 57.1 Å². The lowest BCUT2D eigenvalue weighted by Crippen LogP contribution is -2.55. The first-order valence-electron chi connectivity index (χ1n) is 14.1. The summed E-state index contributed by atoms with van der Waals surface area (Å²) in [5, 5.41) is 3.21. The number of amides is 2. The Labute approximate surface area is 257 Å². The summed E-state index contributed by atoms with van der Waals surface area (Å²) in [6.45, 7) is -0.314. The van der Waals surface area contributed by atoms with Gasteiger partial charge >= 0.3 is 0 Å². The highest BCUT2D eigenvalue weighted by Crippen LogP contribution is 2.24. The Kier molecular flexibility index (Phi) is 11.0. The van der Waals surface area contributed by atoms with E-state index < -0.39 is 28.5 Å². The molecule has 0 saturated heterocycles. The maximum absolute atomic E-state index is 14.2. The molecule has 4 rings (SSSR count). The SMILES string of the molecule is COc1ccc(N(CC(=O)N(Cc2ccc(Br)cc2)[C@@H](Cc2ccccc2)C(=O)NC2CCCCC2)S(C)(=O)=O)cc1. The number of carbonyl (C=O) groups is 2. The van der Waals surface area contributed by atoms with E-state index in [1.807, 2.05) is 54.6 Å². The van der Waals surface area contributed by atoms with Crippen LogP contribution in [0, 0.1) is 0 Å². The minimum atomic E-state index is -3.83. The van der Waals surface area contributed by atoms with Gasteiger partial charge in [0.05, 0.1) is 19.1 Å². The fourth-order valence-corrected chi connectivity index (χ4v) is 6.36. The molecule has 0 bridgehead atoms. The topological polar surface area (TPSA) is 96.0 Å². The second-order valence-electron chi connectivity index (χ2n) is 10.7. The summed E-state index contributed by atoms with van der Waals surface area (Å²) in [7, 11) is -2.31. The molecule has 1 aliphatic carbocycles. The third kappa shape index (κ3) is 8.82. The van der Waals surface area contributed by atoms with Gasteiger partial charge in [-0.05, 0) is 60.4 Å². The molecule has 0 spiro atoms. The first-order valence-corrected chi connectivity index (χ1v) is 16.8. The first-order chi connectivity index (χ1) is 20.1. The standard InChI is InChI=1S/C32H38BrN3O5S/c1-41-29-19-17-28(18-20-29)36(42(2,39)40)23-31(37)35(22-25-13-15-26(33)16-14-25)30(21-24-9-5-3-6-10-24)32(38)34-27-11-7-4-8-12-27/h3,5-6,9-10,13-20,27,30H,4,7-8,11-12,21-23H2,1-2H3,(H,34,38)/t30-/m0/s1. The predicted octanol–water partition coefficient (Wildman–Crippen LogP) is 5.31. The van der Waals surface area contributed by atoms with Crippen LogP contribution in [0.4, 0.5) is 5.69 Å². The van der Waals surface area contributed by atoms with Crippen molar-refractivity contribution in [3.8, 4) is 5.75 Å². The van der Waals surface area contributed by atoms with Crippen molar-refractivity contribution in [2.24, 2.45) is 0 Å². The van der Waals surface area contributed by atoms with Crippen LogP contribution in [0.15, 0.2) is 83.3 Å². The molecule has 0 heterocycles. The normalized spacial score (nSPS) is 14.5. The Morgan fingerprint density at radius 1 is 0.929 bits per heavy atom. The molecule has 1 atom stereocenters. The van der Waals surface area contributed by atoms with Gasteiger partial charge < -0.3 is 15.0 Å². The number of nitrogens with one attached hydrogen (secondary N) is 1. The number of ether oxygens (including phenoxy) is 1. The Bertz CT molecular complexity index is 1430. The third-order valence-electron chi connectivity index (χ3n) is 7.53. The van der Waals surface area contributed by atoms with Crippen LogP contribution in [0.1, 0.15) is 43.2 Å². The Morgan fingerprint density at radius 2 is 1.57 bits per heavy atom. The fourth-order valence-electron chi connectivity index (χ4n) is 5.25. The molecule has 10 heteroatoms. The largest absolute Gasteiger partial charge is 0.497 e. The summed E-state index contributed by atoms with van der Waals surface area (Å²) in [6, 6.07) is 22.8. The number of benzene rings is 3. The van der Waals surface area contributed by atoms with Crippen molar-refractivity contribution in [2.45, 2.75) is 57.2 Å². The summed E-state index contributed by atoms with van der Waals surface area (Å²) in [6.07, 6.45) is 6.44. The van der Waals surface area contributed by atoms with Gasteiger partial charge in [0.25, 0.3) is 0 Å². The molecule has 0 unspecified atom stereocenters. The van der Waals surface area contributed by atoms with Gasteiger partial charge in [-0.3, -0.25) is 13.9 Å². The smallest absolute Gasteiger partial charge is 0.244 e. The van der Waals surface area contributed by atoms with Gasteiger partial charge in [-0.25, -0.2) is 8.42 Å². The molecule has 1 aliphatic rings. The van der Waals surface area contributed by atoms with E-state index in [4.69, 9.17) is 4.74 Å². The maximum Gasteiger partial charge on any atom is 0.244 e. The molecular weight excluding hydrogens is 618 g/mol. The fraction of sp³-hybridized carbons (Fsp3) is 0.375. The van der Waals surface area contributed by atoms with E-state index in [0.717, 1.165) is 58.3 Å². The van der Waals surface area contributed by atoms with E-state index in [9.17, 15) is 18.0 Å². The lowest BCUT2D eigenvalue weighted by Gasteiger charge is -2.35. The van der Waals surface area contributed by atoms with Crippen molar-refractivity contribution < 1.29 is 22.7 Å². The summed E-state index contributed by atoms with van der Waals surface area (Å²) in [4.78, 5) is 29.7. The number of rotatable bonds is 12. The Morgan fingerprint density at radius 3 is 2.17 bits per heavy atom. The number of hydrogen-bond donors (Lipinski definition) is 1. The van der Waals surface area contributed by atoms with Crippen molar-refractivity contribution in [1.82, 2.24) is 10.2 Å². The molecule has 1 saturated carbocycles. The monoisotopic (exact) mass is 655 g/mol. The number of nitrogens with zero attached hydrogens (tertiary/aromatic N) is 2. The minimum absolute atomic E-state index is 0.0565. The van der Waals surface area contributed by atoms with Gasteiger partial charge in [-0.1, -0.05) is 77.7 Å². The van der Waals surface area contributed by atoms with E-state index in [2.05, 4.69) is 21.2 Å². The van der Waals surface area contributed by atoms with Crippen LogP contribution in [0.25, 0.3) is 0 Å². The molecule has 1 fully saturated rings. The number of carbonyl (C=O) groups excluding carboxylic acids is 2. The second-order valence-corrected chi connectivity index (χ2v) is 13.5. The quantitative estimate of drug-likeness (QED) is 0.285. The molecular formula is C32H38BrN3O5S. The van der Waals surface area contributed by atoms with Crippen molar-refractivity contribution in [1.29, 1.82) is 0 Å². The van der Waals surface area contributed by atoms with E-state index in [-0.39, 0.29) is 18.5 Å². The molecule has 3 aromatic carbocycles. The lowest BCUT2D eigenvalue weighted by molar-refractivity contribution is -0.140. The summed E-state index contributed by atoms with van der Waals surface area (Å²) < 4.78 is 33.1. The number of halogens is 1. The van der Waals surface area contributed by atoms with Gasteiger partial charge in [0, 0.05) is 23.5 Å². The van der Waals surface area contributed by atoms with E-state index in [0.29, 0.717) is 17.9 Å². The molecule has 0 radical (unpaired) electrons. The molecule has 3 aromatic rings. The molecule has 0 aromatic heterocycles. The molecule has 1 N–H and O–H groups in total. The van der Waals surface area contributed by atoms with Crippen LogP contribution < -0.4 is 14.4 Å². The van der Waals surface area contributed by atoms with Crippen molar-refractivity contribution >= 4 is 43.5 Å². The van der Waals surface area contributed by atoms with Crippen molar-refractivity contribution in [3.05, 3.63) is 94.5 Å². The summed E-state index contributed by atoms with van der Waals surface area (Å²) in [5.41, 5.74) is 2.07. The average molecular weight is 657 g/mol. The molecule has 8 nitrogen and oxygen atoms in total. The van der Waals surface area contributed by atoms with Crippen LogP contribution in [-0.2, 0) is 32.6 Å². The van der Waals surface area contributed by atoms with Gasteiger partial charge in [0.2, 0.25) is 21.8 Å². The molecule has 42 heavy (non-hydrogen) atoms.